The van der Waals surface area contributed by atoms with Gasteiger partial charge in [-0.15, -0.1) is 0 Å². The van der Waals surface area contributed by atoms with Crippen LogP contribution < -0.4 is 5.32 Å². The number of hydrogen-bond acceptors (Lipinski definition) is 4. The molecule has 2 heterocycles. The van der Waals surface area contributed by atoms with E-state index in [0.717, 1.165) is 17.9 Å². The lowest BCUT2D eigenvalue weighted by Gasteiger charge is -2.18. The molecule has 0 aliphatic rings. The Kier molecular flexibility index (Phi) is 3.88. The predicted molar refractivity (Wildman–Crippen MR) is 65.5 cm³/mol. The summed E-state index contributed by atoms with van der Waals surface area (Å²) < 4.78 is 5.32. The van der Waals surface area contributed by atoms with E-state index in [0.29, 0.717) is 6.04 Å². The van der Waals surface area contributed by atoms with Crippen LogP contribution in [0, 0.1) is 0 Å². The maximum atomic E-state index is 5.32. The summed E-state index contributed by atoms with van der Waals surface area (Å²) in [5.74, 6) is 0.997. The van der Waals surface area contributed by atoms with Crippen molar-refractivity contribution < 1.29 is 4.42 Å². The van der Waals surface area contributed by atoms with Crippen molar-refractivity contribution in [2.45, 2.75) is 32.4 Å². The number of aromatic nitrogens is 2. The molecule has 2 aromatic heterocycles. The van der Waals surface area contributed by atoms with Crippen molar-refractivity contribution in [1.82, 2.24) is 15.3 Å². The van der Waals surface area contributed by atoms with Crippen molar-refractivity contribution in [3.63, 3.8) is 0 Å². The van der Waals surface area contributed by atoms with E-state index in [1.807, 2.05) is 12.1 Å². The minimum atomic E-state index is 0.189. The molecule has 90 valence electrons. The third-order valence-electron chi connectivity index (χ3n) is 2.65. The van der Waals surface area contributed by atoms with E-state index >= 15 is 0 Å². The van der Waals surface area contributed by atoms with Crippen LogP contribution in [0.4, 0.5) is 0 Å². The van der Waals surface area contributed by atoms with Gasteiger partial charge < -0.3 is 9.73 Å². The second-order valence-electron chi connectivity index (χ2n) is 4.20. The fraction of sp³-hybridized carbons (Fsp3) is 0.385. The number of nitrogens with one attached hydrogen (secondary N) is 1. The van der Waals surface area contributed by atoms with E-state index in [1.165, 1.54) is 0 Å². The Morgan fingerprint density at radius 1 is 1.35 bits per heavy atom. The summed E-state index contributed by atoms with van der Waals surface area (Å²) in [6, 6.07) is 4.42. The quantitative estimate of drug-likeness (QED) is 0.858. The molecule has 0 bridgehead atoms. The zero-order valence-electron chi connectivity index (χ0n) is 10.1. The van der Waals surface area contributed by atoms with Gasteiger partial charge in [0.05, 0.1) is 12.0 Å². The normalized spacial score (nSPS) is 14.5. The van der Waals surface area contributed by atoms with Crippen LogP contribution in [-0.2, 0) is 6.42 Å². The van der Waals surface area contributed by atoms with Crippen molar-refractivity contribution in [1.29, 1.82) is 0 Å². The van der Waals surface area contributed by atoms with Gasteiger partial charge in [-0.05, 0) is 26.0 Å². The molecule has 1 N–H and O–H groups in total. The lowest BCUT2D eigenvalue weighted by Crippen LogP contribution is -2.31. The molecule has 0 spiro atoms. The van der Waals surface area contributed by atoms with Crippen molar-refractivity contribution in [3.05, 3.63) is 48.4 Å². The standard InChI is InChI=1S/C13H17N3O/c1-10(8-12-4-3-7-17-12)16-11(2)13-9-14-5-6-15-13/h3-7,9-11,16H,8H2,1-2H3. The number of hydrogen-bond donors (Lipinski definition) is 1. The number of furan rings is 1. The molecular formula is C13H17N3O. The van der Waals surface area contributed by atoms with E-state index < -0.39 is 0 Å². The number of rotatable bonds is 5. The van der Waals surface area contributed by atoms with Gasteiger partial charge in [-0.25, -0.2) is 0 Å². The zero-order chi connectivity index (χ0) is 12.1. The molecule has 0 aromatic carbocycles. The summed E-state index contributed by atoms with van der Waals surface area (Å²) in [5.41, 5.74) is 0.957. The first-order chi connectivity index (χ1) is 8.25. The average molecular weight is 231 g/mol. The van der Waals surface area contributed by atoms with Crippen LogP contribution in [-0.4, -0.2) is 16.0 Å². The van der Waals surface area contributed by atoms with Crippen LogP contribution in [0.25, 0.3) is 0 Å². The highest BCUT2D eigenvalue weighted by Crippen LogP contribution is 2.10. The van der Waals surface area contributed by atoms with Gasteiger partial charge in [0.2, 0.25) is 0 Å². The Labute approximate surface area is 101 Å². The van der Waals surface area contributed by atoms with Gasteiger partial charge in [-0.2, -0.15) is 0 Å². The highest BCUT2D eigenvalue weighted by Gasteiger charge is 2.11. The summed E-state index contributed by atoms with van der Waals surface area (Å²) in [7, 11) is 0. The van der Waals surface area contributed by atoms with Gasteiger partial charge in [-0.1, -0.05) is 0 Å². The largest absolute Gasteiger partial charge is 0.469 e. The fourth-order valence-electron chi connectivity index (χ4n) is 1.84. The lowest BCUT2D eigenvalue weighted by atomic mass is 10.1. The molecule has 0 saturated carbocycles. The smallest absolute Gasteiger partial charge is 0.105 e. The van der Waals surface area contributed by atoms with Gasteiger partial charge in [0.15, 0.2) is 0 Å². The maximum absolute atomic E-state index is 5.32. The third-order valence-corrected chi connectivity index (χ3v) is 2.65. The summed E-state index contributed by atoms with van der Waals surface area (Å²) in [4.78, 5) is 8.35. The molecule has 0 aliphatic carbocycles. The molecule has 0 fully saturated rings. The van der Waals surface area contributed by atoms with E-state index in [4.69, 9.17) is 4.42 Å². The summed E-state index contributed by atoms with van der Waals surface area (Å²) in [6.07, 6.45) is 7.76. The molecule has 0 saturated heterocycles. The molecule has 17 heavy (non-hydrogen) atoms. The second-order valence-corrected chi connectivity index (χ2v) is 4.20. The molecule has 0 aliphatic heterocycles. The molecule has 2 aromatic rings. The van der Waals surface area contributed by atoms with Crippen LogP contribution in [0.5, 0.6) is 0 Å². The second kappa shape index (κ2) is 5.59. The van der Waals surface area contributed by atoms with Crippen LogP contribution in [0.2, 0.25) is 0 Å². The van der Waals surface area contributed by atoms with Gasteiger partial charge in [0.25, 0.3) is 0 Å². The lowest BCUT2D eigenvalue weighted by molar-refractivity contribution is 0.425. The van der Waals surface area contributed by atoms with E-state index in [1.54, 1.807) is 24.9 Å². The Morgan fingerprint density at radius 3 is 2.88 bits per heavy atom. The molecule has 0 radical (unpaired) electrons. The molecule has 2 unspecified atom stereocenters. The van der Waals surface area contributed by atoms with Gasteiger partial charge in [-0.3, -0.25) is 9.97 Å². The van der Waals surface area contributed by atoms with E-state index in [9.17, 15) is 0 Å². The molecular weight excluding hydrogens is 214 g/mol. The average Bonchev–Trinajstić information content (AvgIpc) is 2.82. The fourth-order valence-corrected chi connectivity index (χ4v) is 1.84. The predicted octanol–water partition coefficient (Wildman–Crippen LogP) is 2.35. The molecule has 4 heteroatoms. The number of nitrogens with zero attached hydrogens (tertiary/aromatic N) is 2. The van der Waals surface area contributed by atoms with Gasteiger partial charge in [0, 0.05) is 37.1 Å². The van der Waals surface area contributed by atoms with Crippen molar-refractivity contribution in [2.24, 2.45) is 0 Å². The topological polar surface area (TPSA) is 51.0 Å². The Hall–Kier alpha value is -1.68. The molecule has 2 atom stereocenters. The molecule has 4 nitrogen and oxygen atoms in total. The highest BCUT2D eigenvalue weighted by molar-refractivity contribution is 5.03. The monoisotopic (exact) mass is 231 g/mol. The highest BCUT2D eigenvalue weighted by atomic mass is 16.3. The molecule has 0 amide bonds. The Bertz CT molecular complexity index is 427. The van der Waals surface area contributed by atoms with Crippen LogP contribution in [0.3, 0.4) is 0 Å². The summed E-state index contributed by atoms with van der Waals surface area (Å²) in [6.45, 7) is 4.22. The first-order valence-corrected chi connectivity index (χ1v) is 5.80. The minimum absolute atomic E-state index is 0.189. The Balaban J connectivity index is 1.88. The SMILES string of the molecule is CC(Cc1ccco1)NC(C)c1cnccn1. The Morgan fingerprint density at radius 2 is 2.24 bits per heavy atom. The van der Waals surface area contributed by atoms with Crippen LogP contribution in [0.1, 0.15) is 31.3 Å². The first-order valence-electron chi connectivity index (χ1n) is 5.80. The van der Waals surface area contributed by atoms with Crippen molar-refractivity contribution in [3.8, 4) is 0 Å². The molecule has 2 rings (SSSR count). The van der Waals surface area contributed by atoms with Crippen LogP contribution in [0.15, 0.2) is 41.4 Å². The van der Waals surface area contributed by atoms with Crippen molar-refractivity contribution >= 4 is 0 Å². The van der Waals surface area contributed by atoms with E-state index in [2.05, 4.69) is 29.1 Å². The van der Waals surface area contributed by atoms with Gasteiger partial charge in [0.1, 0.15) is 5.76 Å². The third kappa shape index (κ3) is 3.39. The zero-order valence-corrected chi connectivity index (χ0v) is 10.1. The first kappa shape index (κ1) is 11.8. The van der Waals surface area contributed by atoms with Crippen LogP contribution >= 0.6 is 0 Å². The summed E-state index contributed by atoms with van der Waals surface area (Å²) >= 11 is 0. The maximum Gasteiger partial charge on any atom is 0.105 e. The summed E-state index contributed by atoms with van der Waals surface area (Å²) in [5, 5.41) is 3.47. The van der Waals surface area contributed by atoms with Gasteiger partial charge >= 0.3 is 0 Å². The minimum Gasteiger partial charge on any atom is -0.469 e. The van der Waals surface area contributed by atoms with Crippen molar-refractivity contribution in [2.75, 3.05) is 0 Å². The van der Waals surface area contributed by atoms with E-state index in [-0.39, 0.29) is 6.04 Å².